The van der Waals surface area contributed by atoms with Crippen molar-refractivity contribution in [3.8, 4) is 0 Å². The number of hydrogen-bond acceptors (Lipinski definition) is 1. The van der Waals surface area contributed by atoms with Gasteiger partial charge in [0.2, 0.25) is 0 Å². The largest absolute Gasteiger partial charge is 0.312 e. The van der Waals surface area contributed by atoms with Gasteiger partial charge in [-0.05, 0) is 54.9 Å². The fourth-order valence-corrected chi connectivity index (χ4v) is 2.59. The lowest BCUT2D eigenvalue weighted by atomic mass is 10.0. The van der Waals surface area contributed by atoms with Crippen LogP contribution in [0.15, 0.2) is 18.2 Å². The highest BCUT2D eigenvalue weighted by atomic mass is 35.5. The molecule has 1 aliphatic carbocycles. The highest BCUT2D eigenvalue weighted by molar-refractivity contribution is 6.17. The maximum Gasteiger partial charge on any atom is 0.123 e. The summed E-state index contributed by atoms with van der Waals surface area (Å²) in [6.07, 6.45) is 3.63. The van der Waals surface area contributed by atoms with Gasteiger partial charge in [-0.3, -0.25) is 0 Å². The standard InChI is InChI=1S/C14H19ClFN/c1-11-2-3-13(16)8-12(11)9-17-10-14(4-5-14)6-7-15/h2-3,8,17H,4-7,9-10H2,1H3. The van der Waals surface area contributed by atoms with E-state index in [2.05, 4.69) is 5.32 Å². The molecule has 0 heterocycles. The van der Waals surface area contributed by atoms with Crippen molar-refractivity contribution in [2.24, 2.45) is 5.41 Å². The Morgan fingerprint density at radius 1 is 1.41 bits per heavy atom. The van der Waals surface area contributed by atoms with Crippen molar-refractivity contribution < 1.29 is 4.39 Å². The second-order valence-corrected chi connectivity index (χ2v) is 5.49. The van der Waals surface area contributed by atoms with Gasteiger partial charge in [-0.25, -0.2) is 4.39 Å². The van der Waals surface area contributed by atoms with Crippen LogP contribution in [0.4, 0.5) is 4.39 Å². The molecule has 0 amide bonds. The Labute approximate surface area is 107 Å². The summed E-state index contributed by atoms with van der Waals surface area (Å²) in [5.41, 5.74) is 2.62. The molecule has 3 heteroatoms. The molecular formula is C14H19ClFN. The van der Waals surface area contributed by atoms with Crippen LogP contribution in [0.2, 0.25) is 0 Å². The zero-order valence-electron chi connectivity index (χ0n) is 10.2. The van der Waals surface area contributed by atoms with E-state index in [1.54, 1.807) is 6.07 Å². The molecule has 17 heavy (non-hydrogen) atoms. The third kappa shape index (κ3) is 3.43. The smallest absolute Gasteiger partial charge is 0.123 e. The van der Waals surface area contributed by atoms with Crippen LogP contribution in [0.3, 0.4) is 0 Å². The quantitative estimate of drug-likeness (QED) is 0.766. The van der Waals surface area contributed by atoms with E-state index < -0.39 is 0 Å². The summed E-state index contributed by atoms with van der Waals surface area (Å²) >= 11 is 5.79. The molecule has 0 aliphatic heterocycles. The summed E-state index contributed by atoms with van der Waals surface area (Å²) < 4.78 is 13.1. The predicted octanol–water partition coefficient (Wildman–Crippen LogP) is 3.63. The molecule has 2 rings (SSSR count). The summed E-state index contributed by atoms with van der Waals surface area (Å²) in [5, 5.41) is 3.43. The van der Waals surface area contributed by atoms with Crippen LogP contribution in [0.1, 0.15) is 30.4 Å². The van der Waals surface area contributed by atoms with Crippen LogP contribution in [0.5, 0.6) is 0 Å². The van der Waals surface area contributed by atoms with E-state index in [9.17, 15) is 4.39 Å². The lowest BCUT2D eigenvalue weighted by Crippen LogP contribution is -2.24. The van der Waals surface area contributed by atoms with E-state index in [0.717, 1.165) is 36.5 Å². The van der Waals surface area contributed by atoms with Crippen LogP contribution in [-0.2, 0) is 6.54 Å². The van der Waals surface area contributed by atoms with Gasteiger partial charge in [0.05, 0.1) is 0 Å². The van der Waals surface area contributed by atoms with Gasteiger partial charge < -0.3 is 5.32 Å². The van der Waals surface area contributed by atoms with E-state index in [-0.39, 0.29) is 5.82 Å². The summed E-state index contributed by atoms with van der Waals surface area (Å²) in [6.45, 7) is 3.76. The van der Waals surface area contributed by atoms with Gasteiger partial charge in [0.1, 0.15) is 5.82 Å². The SMILES string of the molecule is Cc1ccc(F)cc1CNCC1(CCCl)CC1. The van der Waals surface area contributed by atoms with Gasteiger partial charge in [-0.15, -0.1) is 11.6 Å². The molecule has 1 aliphatic rings. The monoisotopic (exact) mass is 255 g/mol. The van der Waals surface area contributed by atoms with E-state index in [1.165, 1.54) is 18.9 Å². The third-order valence-electron chi connectivity index (χ3n) is 3.71. The second-order valence-electron chi connectivity index (χ2n) is 5.11. The summed E-state index contributed by atoms with van der Waals surface area (Å²) in [7, 11) is 0. The van der Waals surface area contributed by atoms with Crippen molar-refractivity contribution in [1.82, 2.24) is 5.32 Å². The van der Waals surface area contributed by atoms with Gasteiger partial charge in [-0.1, -0.05) is 6.07 Å². The van der Waals surface area contributed by atoms with Crippen LogP contribution in [0.25, 0.3) is 0 Å². The van der Waals surface area contributed by atoms with Crippen molar-refractivity contribution in [1.29, 1.82) is 0 Å². The number of aryl methyl sites for hydroxylation is 1. The minimum Gasteiger partial charge on any atom is -0.312 e. The van der Waals surface area contributed by atoms with Crippen LogP contribution >= 0.6 is 11.6 Å². The lowest BCUT2D eigenvalue weighted by Gasteiger charge is -2.15. The number of halogens is 2. The van der Waals surface area contributed by atoms with Gasteiger partial charge in [-0.2, -0.15) is 0 Å². The minimum atomic E-state index is -0.158. The van der Waals surface area contributed by atoms with Crippen molar-refractivity contribution >= 4 is 11.6 Å². The van der Waals surface area contributed by atoms with Gasteiger partial charge >= 0.3 is 0 Å². The Morgan fingerprint density at radius 3 is 2.82 bits per heavy atom. The van der Waals surface area contributed by atoms with E-state index in [0.29, 0.717) is 5.41 Å². The molecule has 94 valence electrons. The molecular weight excluding hydrogens is 237 g/mol. The molecule has 1 aromatic carbocycles. The molecule has 0 unspecified atom stereocenters. The summed E-state index contributed by atoms with van der Waals surface area (Å²) in [6, 6.07) is 4.95. The zero-order valence-corrected chi connectivity index (χ0v) is 11.0. The Bertz CT molecular complexity index is 388. The Hall–Kier alpha value is -0.600. The highest BCUT2D eigenvalue weighted by Crippen LogP contribution is 2.48. The molecule has 1 aromatic rings. The van der Waals surface area contributed by atoms with Crippen molar-refractivity contribution in [3.63, 3.8) is 0 Å². The molecule has 1 N–H and O–H groups in total. The third-order valence-corrected chi connectivity index (χ3v) is 3.90. The molecule has 0 spiro atoms. The zero-order chi connectivity index (χ0) is 12.3. The summed E-state index contributed by atoms with van der Waals surface area (Å²) in [5.74, 6) is 0.579. The number of alkyl halides is 1. The summed E-state index contributed by atoms with van der Waals surface area (Å²) in [4.78, 5) is 0. The highest BCUT2D eigenvalue weighted by Gasteiger charge is 2.41. The number of rotatable bonds is 6. The molecule has 0 radical (unpaired) electrons. The number of nitrogens with one attached hydrogen (secondary N) is 1. The average molecular weight is 256 g/mol. The fraction of sp³-hybridized carbons (Fsp3) is 0.571. The first-order valence-electron chi connectivity index (χ1n) is 6.17. The second kappa shape index (κ2) is 5.36. The maximum absolute atomic E-state index is 13.1. The normalized spacial score (nSPS) is 17.1. The fourth-order valence-electron chi connectivity index (χ4n) is 2.19. The topological polar surface area (TPSA) is 12.0 Å². The Kier molecular flexibility index (Phi) is 4.05. The van der Waals surface area contributed by atoms with Crippen LogP contribution in [0, 0.1) is 18.2 Å². The van der Waals surface area contributed by atoms with Crippen LogP contribution < -0.4 is 5.32 Å². The minimum absolute atomic E-state index is 0.158. The average Bonchev–Trinajstić information content (AvgIpc) is 3.04. The van der Waals surface area contributed by atoms with Gasteiger partial charge in [0.25, 0.3) is 0 Å². The lowest BCUT2D eigenvalue weighted by molar-refractivity contribution is 0.445. The molecule has 1 fully saturated rings. The first-order valence-corrected chi connectivity index (χ1v) is 6.70. The molecule has 0 saturated heterocycles. The van der Waals surface area contributed by atoms with Crippen LogP contribution in [-0.4, -0.2) is 12.4 Å². The van der Waals surface area contributed by atoms with Crippen molar-refractivity contribution in [2.75, 3.05) is 12.4 Å². The molecule has 0 atom stereocenters. The van der Waals surface area contributed by atoms with E-state index in [1.807, 2.05) is 13.0 Å². The van der Waals surface area contributed by atoms with Gasteiger partial charge in [0, 0.05) is 19.0 Å². The van der Waals surface area contributed by atoms with Crippen molar-refractivity contribution in [2.45, 2.75) is 32.7 Å². The molecule has 1 nitrogen and oxygen atoms in total. The number of hydrogen-bond donors (Lipinski definition) is 1. The first kappa shape index (κ1) is 12.8. The predicted molar refractivity (Wildman–Crippen MR) is 69.8 cm³/mol. The van der Waals surface area contributed by atoms with E-state index >= 15 is 0 Å². The Morgan fingerprint density at radius 2 is 2.18 bits per heavy atom. The van der Waals surface area contributed by atoms with E-state index in [4.69, 9.17) is 11.6 Å². The Balaban J connectivity index is 1.84. The van der Waals surface area contributed by atoms with Crippen molar-refractivity contribution in [3.05, 3.63) is 35.1 Å². The molecule has 0 aromatic heterocycles. The van der Waals surface area contributed by atoms with Gasteiger partial charge in [0.15, 0.2) is 0 Å². The maximum atomic E-state index is 13.1. The molecule has 1 saturated carbocycles. The number of benzene rings is 1. The molecule has 0 bridgehead atoms. The first-order chi connectivity index (χ1) is 8.15.